The minimum Gasteiger partial charge on any atom is -0.270 e. The molecule has 0 aromatic carbocycles. The molecule has 0 bridgehead atoms. The lowest BCUT2D eigenvalue weighted by Crippen LogP contribution is -2.39. The normalized spacial score (nSPS) is 21.3. The third-order valence-corrected chi connectivity index (χ3v) is 1.78. The van der Waals surface area contributed by atoms with Crippen LogP contribution in [0.15, 0.2) is 10.3 Å². The fourth-order valence-electron chi connectivity index (χ4n) is 1.12. The second-order valence-electron chi connectivity index (χ2n) is 5.17. The highest BCUT2D eigenvalue weighted by Crippen LogP contribution is 2.25. The van der Waals surface area contributed by atoms with Crippen LogP contribution in [0.4, 0.5) is 0 Å². The van der Waals surface area contributed by atoms with Crippen LogP contribution in [-0.2, 0) is 4.79 Å². The van der Waals surface area contributed by atoms with Gasteiger partial charge in [-0.2, -0.15) is 5.11 Å². The van der Waals surface area contributed by atoms with Crippen molar-refractivity contribution >= 4 is 5.91 Å². The topological polar surface area (TPSA) is 45.0 Å². The molecule has 74 valence electrons. The first kappa shape index (κ1) is 10.2. The Morgan fingerprint density at radius 2 is 1.92 bits per heavy atom. The quantitative estimate of drug-likeness (QED) is 0.576. The Balaban J connectivity index is 2.68. The van der Waals surface area contributed by atoms with Gasteiger partial charge in [0, 0.05) is 0 Å². The van der Waals surface area contributed by atoms with Crippen molar-refractivity contribution in [3.05, 3.63) is 0 Å². The first-order valence-electron chi connectivity index (χ1n) is 4.47. The zero-order valence-electron chi connectivity index (χ0n) is 8.96. The molecule has 0 unspecified atom stereocenters. The highest BCUT2D eigenvalue weighted by atomic mass is 16.3. The van der Waals surface area contributed by atoms with Crippen LogP contribution >= 0.6 is 0 Å². The lowest BCUT2D eigenvalue weighted by molar-refractivity contribution is -0.133. The molecule has 1 rings (SSSR count). The number of carbonyl (C=O) groups is 1. The average molecular weight is 185 g/mol. The maximum Gasteiger partial charge on any atom is 0.273 e. The lowest BCUT2D eigenvalue weighted by atomic mass is 9.97. The molecule has 0 aromatic rings. The van der Waals surface area contributed by atoms with E-state index in [4.69, 9.17) is 0 Å². The van der Waals surface area contributed by atoms with Crippen LogP contribution in [-0.4, -0.2) is 23.0 Å². The van der Waals surface area contributed by atoms with Crippen LogP contribution in [0.2, 0.25) is 0 Å². The van der Waals surface area contributed by atoms with Gasteiger partial charge in [-0.15, -0.1) is 0 Å². The van der Waals surface area contributed by atoms with Crippen LogP contribution in [0.3, 0.4) is 0 Å². The maximum atomic E-state index is 11.6. The molecular formula is C9H17N3O. The third-order valence-electron chi connectivity index (χ3n) is 1.78. The Morgan fingerprint density at radius 1 is 1.38 bits per heavy atom. The summed E-state index contributed by atoms with van der Waals surface area (Å²) in [5.41, 5.74) is -0.597. The van der Waals surface area contributed by atoms with Crippen molar-refractivity contribution in [2.75, 3.05) is 6.54 Å². The van der Waals surface area contributed by atoms with E-state index in [0.717, 1.165) is 0 Å². The molecule has 0 spiro atoms. The van der Waals surface area contributed by atoms with Crippen molar-refractivity contribution in [1.82, 2.24) is 5.01 Å². The predicted octanol–water partition coefficient (Wildman–Crippen LogP) is 2.02. The Labute approximate surface area is 79.0 Å². The van der Waals surface area contributed by atoms with Gasteiger partial charge in [-0.25, -0.2) is 5.01 Å². The predicted molar refractivity (Wildman–Crippen MR) is 50.1 cm³/mol. The summed E-state index contributed by atoms with van der Waals surface area (Å²) in [5.74, 6) is -0.0116. The summed E-state index contributed by atoms with van der Waals surface area (Å²) in [6, 6.07) is 0. The Kier molecular flexibility index (Phi) is 2.18. The van der Waals surface area contributed by atoms with Gasteiger partial charge in [0.15, 0.2) is 5.54 Å². The number of carbonyl (C=O) groups excluding carboxylic acids is 1. The van der Waals surface area contributed by atoms with Crippen molar-refractivity contribution in [3.63, 3.8) is 0 Å². The van der Waals surface area contributed by atoms with E-state index in [0.29, 0.717) is 6.54 Å². The van der Waals surface area contributed by atoms with Gasteiger partial charge in [0.25, 0.3) is 5.91 Å². The van der Waals surface area contributed by atoms with E-state index in [1.165, 1.54) is 5.01 Å². The van der Waals surface area contributed by atoms with Gasteiger partial charge in [0.1, 0.15) is 0 Å². The summed E-state index contributed by atoms with van der Waals surface area (Å²) < 4.78 is 0. The molecule has 0 aromatic heterocycles. The second-order valence-corrected chi connectivity index (χ2v) is 5.17. The highest BCUT2D eigenvalue weighted by molar-refractivity contribution is 5.86. The van der Waals surface area contributed by atoms with E-state index in [1.54, 1.807) is 13.8 Å². The first-order valence-corrected chi connectivity index (χ1v) is 4.47. The van der Waals surface area contributed by atoms with Crippen molar-refractivity contribution in [2.45, 2.75) is 40.2 Å². The zero-order valence-corrected chi connectivity index (χ0v) is 8.96. The van der Waals surface area contributed by atoms with Gasteiger partial charge < -0.3 is 0 Å². The molecule has 1 heterocycles. The minimum atomic E-state index is -0.661. The van der Waals surface area contributed by atoms with Crippen molar-refractivity contribution < 1.29 is 4.79 Å². The molecule has 4 heteroatoms. The first-order chi connectivity index (χ1) is 5.72. The molecule has 1 aliphatic heterocycles. The van der Waals surface area contributed by atoms with Crippen LogP contribution in [0, 0.1) is 5.41 Å². The SMILES string of the molecule is CC(C)(C)C[15N]1N=[15N]C(C)(C)C1=O. The maximum absolute atomic E-state index is 11.6. The van der Waals surface area contributed by atoms with E-state index in [-0.39, 0.29) is 11.3 Å². The van der Waals surface area contributed by atoms with E-state index in [9.17, 15) is 4.79 Å². The Morgan fingerprint density at radius 3 is 2.23 bits per heavy atom. The monoisotopic (exact) mass is 185 g/mol. The summed E-state index contributed by atoms with van der Waals surface area (Å²) in [7, 11) is 0. The standard InChI is InChI=1S/C9H17N3O/c1-8(2,3)6-12-7(13)9(4,5)10-11-12/h6H2,1-5H3/i10+1,12+1. The zero-order chi connectivity index (χ0) is 10.3. The molecule has 0 N–H and O–H groups in total. The number of rotatable bonds is 1. The highest BCUT2D eigenvalue weighted by Gasteiger charge is 2.39. The van der Waals surface area contributed by atoms with Gasteiger partial charge in [-0.1, -0.05) is 26.0 Å². The van der Waals surface area contributed by atoms with Crippen molar-refractivity contribution in [1.29, 1.82) is 0 Å². The third kappa shape index (κ3) is 2.26. The molecule has 0 aliphatic carbocycles. The Bertz CT molecular complexity index is 250. The molecule has 0 fully saturated rings. The van der Waals surface area contributed by atoms with Gasteiger partial charge in [-0.05, 0) is 19.3 Å². The largest absolute Gasteiger partial charge is 0.273 e. The fourth-order valence-corrected chi connectivity index (χ4v) is 1.12. The summed E-state index contributed by atoms with van der Waals surface area (Å²) in [4.78, 5) is 11.6. The summed E-state index contributed by atoms with van der Waals surface area (Å²) >= 11 is 0. The van der Waals surface area contributed by atoms with Crippen molar-refractivity contribution in [3.8, 4) is 0 Å². The smallest absolute Gasteiger partial charge is 0.270 e. The molecule has 0 saturated heterocycles. The second kappa shape index (κ2) is 2.79. The van der Waals surface area contributed by atoms with Gasteiger partial charge in [-0.3, -0.25) is 4.79 Å². The van der Waals surface area contributed by atoms with Crippen molar-refractivity contribution in [2.24, 2.45) is 15.8 Å². The number of nitrogens with zero attached hydrogens (tertiary/aromatic N) is 3. The van der Waals surface area contributed by atoms with Crippen LogP contribution in [0.5, 0.6) is 0 Å². The number of hydrogen-bond donors (Lipinski definition) is 0. The van der Waals surface area contributed by atoms with Crippen LogP contribution in [0.1, 0.15) is 34.6 Å². The molecule has 1 aliphatic rings. The Hall–Kier alpha value is -0.930. The number of hydrogen-bond acceptors (Lipinski definition) is 3. The van der Waals surface area contributed by atoms with E-state index in [1.807, 2.05) is 0 Å². The number of amides is 1. The van der Waals surface area contributed by atoms with Gasteiger partial charge in [0.05, 0.1) is 6.54 Å². The average Bonchev–Trinajstić information content (AvgIpc) is 2.13. The fraction of sp³-hybridized carbons (Fsp3) is 0.889. The van der Waals surface area contributed by atoms with Gasteiger partial charge in [0.2, 0.25) is 0 Å². The summed E-state index contributed by atoms with van der Waals surface area (Å²) in [6.45, 7) is 10.4. The molecule has 1 amide bonds. The molecule has 4 nitrogen and oxygen atoms in total. The van der Waals surface area contributed by atoms with Gasteiger partial charge >= 0.3 is 0 Å². The van der Waals surface area contributed by atoms with E-state index in [2.05, 4.69) is 31.1 Å². The van der Waals surface area contributed by atoms with E-state index >= 15 is 0 Å². The van der Waals surface area contributed by atoms with Crippen LogP contribution < -0.4 is 0 Å². The summed E-state index contributed by atoms with van der Waals surface area (Å²) in [6.07, 6.45) is 0. The molecular weight excluding hydrogens is 168 g/mol. The minimum absolute atomic E-state index is 0.0116. The van der Waals surface area contributed by atoms with E-state index < -0.39 is 5.54 Å². The molecule has 0 saturated carbocycles. The molecule has 0 radical (unpaired) electrons. The molecule has 13 heavy (non-hydrogen) atoms. The summed E-state index contributed by atoms with van der Waals surface area (Å²) in [5, 5.41) is 9.24. The van der Waals surface area contributed by atoms with Crippen LogP contribution in [0.25, 0.3) is 0 Å². The lowest BCUT2D eigenvalue weighted by Gasteiger charge is -2.23. The molecule has 0 atom stereocenters.